The standard InChI is InChI=1S/C14H18Cl2N4/c1-19(11-2-3-11)6-7-20-13(4-5-15)18-12-8-10(16)9-17-14(12)20/h8-9,11H,2-7H2,1H3. The van der Waals surface area contributed by atoms with Crippen LogP contribution in [0.4, 0.5) is 0 Å². The molecule has 0 amide bonds. The van der Waals surface area contributed by atoms with Crippen molar-refractivity contribution in [3.8, 4) is 0 Å². The van der Waals surface area contributed by atoms with Crippen LogP contribution in [0.1, 0.15) is 18.7 Å². The Morgan fingerprint density at radius 1 is 1.45 bits per heavy atom. The molecule has 1 saturated carbocycles. The maximum Gasteiger partial charge on any atom is 0.160 e. The van der Waals surface area contributed by atoms with Gasteiger partial charge in [-0.2, -0.15) is 0 Å². The van der Waals surface area contributed by atoms with E-state index in [2.05, 4.69) is 26.5 Å². The third-order valence-electron chi connectivity index (χ3n) is 3.80. The Balaban J connectivity index is 1.87. The Hall–Kier alpha value is -0.840. The number of hydrogen-bond donors (Lipinski definition) is 0. The van der Waals surface area contributed by atoms with Gasteiger partial charge in [-0.15, -0.1) is 11.6 Å². The average molecular weight is 313 g/mol. The molecule has 0 saturated heterocycles. The first-order valence-electron chi connectivity index (χ1n) is 6.96. The van der Waals surface area contributed by atoms with Gasteiger partial charge < -0.3 is 9.47 Å². The molecule has 108 valence electrons. The number of imidazole rings is 1. The van der Waals surface area contributed by atoms with Crippen molar-refractivity contribution in [2.75, 3.05) is 19.5 Å². The molecule has 2 aromatic rings. The molecule has 0 radical (unpaired) electrons. The van der Waals surface area contributed by atoms with Crippen LogP contribution >= 0.6 is 23.2 Å². The summed E-state index contributed by atoms with van der Waals surface area (Å²) in [6, 6.07) is 2.63. The molecule has 0 unspecified atom stereocenters. The molecular formula is C14H18Cl2N4. The normalized spacial score (nSPS) is 15.4. The zero-order valence-corrected chi connectivity index (χ0v) is 13.0. The molecule has 2 aromatic heterocycles. The lowest BCUT2D eigenvalue weighted by Crippen LogP contribution is -2.26. The van der Waals surface area contributed by atoms with Gasteiger partial charge in [0.2, 0.25) is 0 Å². The molecule has 0 atom stereocenters. The summed E-state index contributed by atoms with van der Waals surface area (Å²) in [6.45, 7) is 1.90. The van der Waals surface area contributed by atoms with E-state index >= 15 is 0 Å². The minimum absolute atomic E-state index is 0.565. The molecule has 20 heavy (non-hydrogen) atoms. The summed E-state index contributed by atoms with van der Waals surface area (Å²) in [6.07, 6.45) is 5.08. The van der Waals surface area contributed by atoms with E-state index in [4.69, 9.17) is 23.2 Å². The SMILES string of the molecule is CN(CCn1c(CCCl)nc2cc(Cl)cnc21)C1CC1. The summed E-state index contributed by atoms with van der Waals surface area (Å²) < 4.78 is 2.17. The fourth-order valence-corrected chi connectivity index (χ4v) is 2.82. The quantitative estimate of drug-likeness (QED) is 0.769. The Kier molecular flexibility index (Phi) is 4.15. The highest BCUT2D eigenvalue weighted by atomic mass is 35.5. The molecule has 0 bridgehead atoms. The van der Waals surface area contributed by atoms with E-state index in [0.29, 0.717) is 10.9 Å². The number of likely N-dealkylation sites (N-methyl/N-ethyl adjacent to an activating group) is 1. The highest BCUT2D eigenvalue weighted by Crippen LogP contribution is 2.25. The Labute approximate surface area is 128 Å². The van der Waals surface area contributed by atoms with Crippen molar-refractivity contribution in [3.63, 3.8) is 0 Å². The Bertz CT molecular complexity index is 606. The number of fused-ring (bicyclic) bond motifs is 1. The molecule has 0 N–H and O–H groups in total. The van der Waals surface area contributed by atoms with Crippen molar-refractivity contribution in [1.82, 2.24) is 19.4 Å². The fourth-order valence-electron chi connectivity index (χ4n) is 2.50. The van der Waals surface area contributed by atoms with Gasteiger partial charge in [0.15, 0.2) is 5.65 Å². The van der Waals surface area contributed by atoms with Crippen LogP contribution in [-0.2, 0) is 13.0 Å². The van der Waals surface area contributed by atoms with Crippen LogP contribution in [-0.4, -0.2) is 44.9 Å². The van der Waals surface area contributed by atoms with E-state index in [1.165, 1.54) is 12.8 Å². The number of halogens is 2. The Morgan fingerprint density at radius 2 is 2.25 bits per heavy atom. The molecule has 6 heteroatoms. The van der Waals surface area contributed by atoms with Crippen molar-refractivity contribution < 1.29 is 0 Å². The first-order valence-corrected chi connectivity index (χ1v) is 7.87. The lowest BCUT2D eigenvalue weighted by atomic mass is 10.4. The zero-order chi connectivity index (χ0) is 14.1. The zero-order valence-electron chi connectivity index (χ0n) is 11.5. The minimum Gasteiger partial charge on any atom is -0.311 e. The Morgan fingerprint density at radius 3 is 2.95 bits per heavy atom. The van der Waals surface area contributed by atoms with Gasteiger partial charge in [0.1, 0.15) is 11.3 Å². The van der Waals surface area contributed by atoms with Crippen LogP contribution in [0.25, 0.3) is 11.2 Å². The lowest BCUT2D eigenvalue weighted by molar-refractivity contribution is 0.309. The number of alkyl halides is 1. The van der Waals surface area contributed by atoms with Crippen LogP contribution in [0.15, 0.2) is 12.3 Å². The predicted molar refractivity (Wildman–Crippen MR) is 82.6 cm³/mol. The largest absolute Gasteiger partial charge is 0.311 e. The van der Waals surface area contributed by atoms with Gasteiger partial charge in [0.25, 0.3) is 0 Å². The van der Waals surface area contributed by atoms with Crippen molar-refractivity contribution >= 4 is 34.4 Å². The summed E-state index contributed by atoms with van der Waals surface area (Å²) in [5.74, 6) is 1.56. The van der Waals surface area contributed by atoms with E-state index in [0.717, 1.165) is 42.5 Å². The highest BCUT2D eigenvalue weighted by Gasteiger charge is 2.26. The topological polar surface area (TPSA) is 34.0 Å². The molecule has 0 aliphatic heterocycles. The van der Waals surface area contributed by atoms with Crippen molar-refractivity contribution in [2.24, 2.45) is 0 Å². The van der Waals surface area contributed by atoms with E-state index in [1.54, 1.807) is 6.20 Å². The second-order valence-corrected chi connectivity index (χ2v) is 6.14. The summed E-state index contributed by atoms with van der Waals surface area (Å²) in [4.78, 5) is 11.5. The molecule has 1 fully saturated rings. The van der Waals surface area contributed by atoms with E-state index in [9.17, 15) is 0 Å². The van der Waals surface area contributed by atoms with Crippen LogP contribution < -0.4 is 0 Å². The first kappa shape index (κ1) is 14.1. The minimum atomic E-state index is 0.565. The smallest absolute Gasteiger partial charge is 0.160 e. The van der Waals surface area contributed by atoms with Crippen molar-refractivity contribution in [2.45, 2.75) is 31.8 Å². The summed E-state index contributed by atoms with van der Waals surface area (Å²) in [5, 5.41) is 0.620. The maximum atomic E-state index is 5.99. The van der Waals surface area contributed by atoms with Crippen LogP contribution in [0.3, 0.4) is 0 Å². The number of hydrogen-bond acceptors (Lipinski definition) is 3. The van der Waals surface area contributed by atoms with Gasteiger partial charge in [-0.05, 0) is 26.0 Å². The summed E-state index contributed by atoms with van der Waals surface area (Å²) in [7, 11) is 2.18. The number of rotatable bonds is 6. The highest BCUT2D eigenvalue weighted by molar-refractivity contribution is 6.31. The number of aromatic nitrogens is 3. The summed E-state index contributed by atoms with van der Waals surface area (Å²) in [5.41, 5.74) is 1.76. The van der Waals surface area contributed by atoms with Gasteiger partial charge in [-0.1, -0.05) is 11.6 Å². The molecule has 0 spiro atoms. The predicted octanol–water partition coefficient (Wildman–Crippen LogP) is 2.96. The molecule has 3 rings (SSSR count). The van der Waals surface area contributed by atoms with Crippen molar-refractivity contribution in [3.05, 3.63) is 23.1 Å². The number of nitrogens with zero attached hydrogens (tertiary/aromatic N) is 4. The van der Waals surface area contributed by atoms with E-state index < -0.39 is 0 Å². The summed E-state index contributed by atoms with van der Waals surface area (Å²) >= 11 is 11.9. The first-order chi connectivity index (χ1) is 9.69. The van der Waals surface area contributed by atoms with E-state index in [1.807, 2.05) is 6.07 Å². The fraction of sp³-hybridized carbons (Fsp3) is 0.571. The van der Waals surface area contributed by atoms with Crippen molar-refractivity contribution in [1.29, 1.82) is 0 Å². The third kappa shape index (κ3) is 2.92. The molecule has 2 heterocycles. The monoisotopic (exact) mass is 312 g/mol. The second-order valence-electron chi connectivity index (χ2n) is 5.33. The number of pyridine rings is 1. The van der Waals surface area contributed by atoms with Crippen LogP contribution in [0, 0.1) is 0 Å². The maximum absolute atomic E-state index is 5.99. The molecular weight excluding hydrogens is 295 g/mol. The second kappa shape index (κ2) is 5.88. The third-order valence-corrected chi connectivity index (χ3v) is 4.19. The number of aryl methyl sites for hydroxylation is 1. The lowest BCUT2D eigenvalue weighted by Gasteiger charge is -2.17. The van der Waals surface area contributed by atoms with Crippen LogP contribution in [0.2, 0.25) is 5.02 Å². The van der Waals surface area contributed by atoms with Gasteiger partial charge >= 0.3 is 0 Å². The van der Waals surface area contributed by atoms with Gasteiger partial charge in [-0.3, -0.25) is 0 Å². The molecule has 0 aromatic carbocycles. The average Bonchev–Trinajstić information content (AvgIpc) is 3.20. The van der Waals surface area contributed by atoms with Gasteiger partial charge in [-0.25, -0.2) is 9.97 Å². The van der Waals surface area contributed by atoms with Crippen LogP contribution in [0.5, 0.6) is 0 Å². The van der Waals surface area contributed by atoms with Gasteiger partial charge in [0.05, 0.1) is 5.02 Å². The molecule has 4 nitrogen and oxygen atoms in total. The molecule has 1 aliphatic rings. The van der Waals surface area contributed by atoms with E-state index in [-0.39, 0.29) is 0 Å². The van der Waals surface area contributed by atoms with Gasteiger partial charge in [0, 0.05) is 37.6 Å². The molecule has 1 aliphatic carbocycles.